The van der Waals surface area contributed by atoms with E-state index in [1.54, 1.807) is 19.6 Å². The molecule has 2 aromatic carbocycles. The number of hydrogen-bond acceptors (Lipinski definition) is 4. The molecule has 156 valence electrons. The molecule has 8 heteroatoms. The zero-order valence-electron chi connectivity index (χ0n) is 16.9. The van der Waals surface area contributed by atoms with Gasteiger partial charge in [0.2, 0.25) is 0 Å². The normalized spacial score (nSPS) is 16.0. The molecule has 8 nitrogen and oxygen atoms in total. The molecule has 1 aliphatic rings. The Kier molecular flexibility index (Phi) is 4.66. The number of rotatable bonds is 4. The summed E-state index contributed by atoms with van der Waals surface area (Å²) in [5.41, 5.74) is 2.95. The zero-order chi connectivity index (χ0) is 21.4. The van der Waals surface area contributed by atoms with Gasteiger partial charge >= 0.3 is 0 Å². The summed E-state index contributed by atoms with van der Waals surface area (Å²) in [7, 11) is 1.68. The fourth-order valence-corrected chi connectivity index (χ4v) is 3.74. The van der Waals surface area contributed by atoms with E-state index in [-0.39, 0.29) is 18.2 Å². The first-order chi connectivity index (χ1) is 15.1. The van der Waals surface area contributed by atoms with Crippen molar-refractivity contribution in [1.82, 2.24) is 19.9 Å². The first-order valence-electron chi connectivity index (χ1n) is 9.96. The van der Waals surface area contributed by atoms with Crippen LogP contribution in [-0.2, 0) is 11.3 Å². The predicted octanol–water partition coefficient (Wildman–Crippen LogP) is 2.57. The van der Waals surface area contributed by atoms with Crippen LogP contribution in [0.2, 0.25) is 0 Å². The number of likely N-dealkylation sites (N-methyl/N-ethyl adjacent to an activating group) is 1. The maximum atomic E-state index is 13.0. The summed E-state index contributed by atoms with van der Waals surface area (Å²) in [6.07, 6.45) is 5.12. The van der Waals surface area contributed by atoms with Crippen molar-refractivity contribution in [3.63, 3.8) is 0 Å². The number of H-pyrrole nitrogens is 1. The summed E-state index contributed by atoms with van der Waals surface area (Å²) in [6.45, 7) is 0.649. The average Bonchev–Trinajstić information content (AvgIpc) is 3.42. The third kappa shape index (κ3) is 3.63. The van der Waals surface area contributed by atoms with Crippen LogP contribution in [0.5, 0.6) is 5.75 Å². The highest BCUT2D eigenvalue weighted by molar-refractivity contribution is 6.04. The molecule has 0 bridgehead atoms. The molecule has 0 spiro atoms. The Morgan fingerprint density at radius 3 is 2.94 bits per heavy atom. The van der Waals surface area contributed by atoms with Gasteiger partial charge in [0.05, 0.1) is 12.0 Å². The molecule has 0 aliphatic carbocycles. The number of fused-ring (bicyclic) bond motifs is 2. The molecule has 0 saturated heterocycles. The fraction of sp³-hybridized carbons (Fsp3) is 0.174. The third-order valence-electron chi connectivity index (χ3n) is 5.41. The van der Waals surface area contributed by atoms with E-state index in [0.29, 0.717) is 18.0 Å². The Bertz CT molecular complexity index is 1260. The van der Waals surface area contributed by atoms with Gasteiger partial charge in [-0.1, -0.05) is 30.3 Å². The summed E-state index contributed by atoms with van der Waals surface area (Å²) in [6, 6.07) is 14.8. The molecule has 0 unspecified atom stereocenters. The highest BCUT2D eigenvalue weighted by Crippen LogP contribution is 2.34. The van der Waals surface area contributed by atoms with Crippen LogP contribution < -0.4 is 15.0 Å². The SMILES string of the molecule is CN1C(=O)[C@@H](NC(=O)c2cn(Cc3ccccc3)cn2)COc2cc3[nH]ccc3cc21. The molecular formula is C23H21N5O3. The lowest BCUT2D eigenvalue weighted by atomic mass is 10.2. The van der Waals surface area contributed by atoms with Gasteiger partial charge in [-0.25, -0.2) is 4.98 Å². The number of ether oxygens (including phenoxy) is 1. The topological polar surface area (TPSA) is 92.2 Å². The molecule has 31 heavy (non-hydrogen) atoms. The zero-order valence-corrected chi connectivity index (χ0v) is 16.9. The summed E-state index contributed by atoms with van der Waals surface area (Å²) in [4.78, 5) is 34.6. The number of hydrogen-bond donors (Lipinski definition) is 2. The molecule has 0 fully saturated rings. The molecular weight excluding hydrogens is 394 g/mol. The second-order valence-electron chi connectivity index (χ2n) is 7.54. The van der Waals surface area contributed by atoms with Crippen LogP contribution in [0.1, 0.15) is 16.1 Å². The van der Waals surface area contributed by atoms with E-state index in [1.165, 1.54) is 4.90 Å². The van der Waals surface area contributed by atoms with Crippen LogP contribution in [0, 0.1) is 0 Å². The Morgan fingerprint density at radius 2 is 2.10 bits per heavy atom. The third-order valence-corrected chi connectivity index (χ3v) is 5.41. The lowest BCUT2D eigenvalue weighted by Crippen LogP contribution is -2.49. The number of nitrogens with zero attached hydrogens (tertiary/aromatic N) is 3. The quantitative estimate of drug-likeness (QED) is 0.536. The van der Waals surface area contributed by atoms with Gasteiger partial charge in [-0.2, -0.15) is 0 Å². The van der Waals surface area contributed by atoms with E-state index in [0.717, 1.165) is 16.5 Å². The van der Waals surface area contributed by atoms with E-state index in [9.17, 15) is 9.59 Å². The van der Waals surface area contributed by atoms with Crippen molar-refractivity contribution in [2.45, 2.75) is 12.6 Å². The monoisotopic (exact) mass is 415 g/mol. The van der Waals surface area contributed by atoms with Crippen molar-refractivity contribution in [2.75, 3.05) is 18.6 Å². The van der Waals surface area contributed by atoms with E-state index in [1.807, 2.05) is 59.3 Å². The van der Waals surface area contributed by atoms with Gasteiger partial charge in [-0.15, -0.1) is 0 Å². The number of carbonyl (C=O) groups excluding carboxylic acids is 2. The molecule has 1 atom stereocenters. The number of anilines is 1. The molecule has 2 aromatic heterocycles. The lowest BCUT2D eigenvalue weighted by molar-refractivity contribution is -0.120. The number of aromatic nitrogens is 3. The van der Waals surface area contributed by atoms with Crippen molar-refractivity contribution in [3.8, 4) is 5.75 Å². The smallest absolute Gasteiger partial charge is 0.272 e. The number of amides is 2. The number of carbonyl (C=O) groups is 2. The van der Waals surface area contributed by atoms with Gasteiger partial charge in [0.1, 0.15) is 24.1 Å². The average molecular weight is 415 g/mol. The molecule has 5 rings (SSSR count). The largest absolute Gasteiger partial charge is 0.489 e. The number of nitrogens with one attached hydrogen (secondary N) is 2. The van der Waals surface area contributed by atoms with Crippen molar-refractivity contribution >= 4 is 28.4 Å². The minimum absolute atomic E-state index is 0.0405. The lowest BCUT2D eigenvalue weighted by Gasteiger charge is -2.20. The van der Waals surface area contributed by atoms with E-state index < -0.39 is 11.9 Å². The predicted molar refractivity (Wildman–Crippen MR) is 116 cm³/mol. The Hall–Kier alpha value is -4.07. The first kappa shape index (κ1) is 18.9. The molecule has 3 heterocycles. The number of imidazole rings is 1. The van der Waals surface area contributed by atoms with Crippen LogP contribution in [0.15, 0.2) is 67.3 Å². The molecule has 1 aliphatic heterocycles. The Balaban J connectivity index is 1.31. The molecule has 2 N–H and O–H groups in total. The van der Waals surface area contributed by atoms with Crippen LogP contribution >= 0.6 is 0 Å². The van der Waals surface area contributed by atoms with Crippen molar-refractivity contribution in [2.24, 2.45) is 0 Å². The summed E-state index contributed by atoms with van der Waals surface area (Å²) in [5.74, 6) is -0.0689. The summed E-state index contributed by atoms with van der Waals surface area (Å²) in [5, 5.41) is 3.74. The van der Waals surface area contributed by atoms with Crippen LogP contribution in [0.3, 0.4) is 0 Å². The van der Waals surface area contributed by atoms with Gasteiger partial charge in [-0.3, -0.25) is 9.59 Å². The first-order valence-corrected chi connectivity index (χ1v) is 9.96. The Morgan fingerprint density at radius 1 is 1.26 bits per heavy atom. The number of benzene rings is 2. The summed E-state index contributed by atoms with van der Waals surface area (Å²) >= 11 is 0. The molecule has 0 saturated carbocycles. The van der Waals surface area contributed by atoms with Crippen molar-refractivity contribution in [1.29, 1.82) is 0 Å². The van der Waals surface area contributed by atoms with Gasteiger partial charge in [0, 0.05) is 43.0 Å². The highest BCUT2D eigenvalue weighted by Gasteiger charge is 2.31. The minimum Gasteiger partial charge on any atom is -0.489 e. The fourth-order valence-electron chi connectivity index (χ4n) is 3.74. The van der Waals surface area contributed by atoms with E-state index in [2.05, 4.69) is 15.3 Å². The van der Waals surface area contributed by atoms with Gasteiger partial charge in [0.15, 0.2) is 0 Å². The highest BCUT2D eigenvalue weighted by atomic mass is 16.5. The van der Waals surface area contributed by atoms with Crippen molar-refractivity contribution < 1.29 is 14.3 Å². The maximum absolute atomic E-state index is 13.0. The molecule has 4 aromatic rings. The minimum atomic E-state index is -0.817. The van der Waals surface area contributed by atoms with Crippen LogP contribution in [-0.4, -0.2) is 46.0 Å². The maximum Gasteiger partial charge on any atom is 0.272 e. The second kappa shape index (κ2) is 7.64. The van der Waals surface area contributed by atoms with Gasteiger partial charge < -0.3 is 24.5 Å². The standard InChI is InChI=1S/C23H21N5O3/c1-27-20-9-16-7-8-24-17(16)10-21(20)31-13-19(23(27)30)26-22(29)18-12-28(14-25-18)11-15-5-3-2-4-6-15/h2-10,12,14,19,24H,11,13H2,1H3,(H,26,29)/t19-/m0/s1. The van der Waals surface area contributed by atoms with E-state index >= 15 is 0 Å². The number of aromatic amines is 1. The van der Waals surface area contributed by atoms with E-state index in [4.69, 9.17) is 4.74 Å². The van der Waals surface area contributed by atoms with Gasteiger partial charge in [0.25, 0.3) is 11.8 Å². The second-order valence-corrected chi connectivity index (χ2v) is 7.54. The molecule has 0 radical (unpaired) electrons. The molecule has 2 amide bonds. The van der Waals surface area contributed by atoms with Crippen LogP contribution in [0.4, 0.5) is 5.69 Å². The van der Waals surface area contributed by atoms with Crippen molar-refractivity contribution in [3.05, 3.63) is 78.5 Å². The summed E-state index contributed by atoms with van der Waals surface area (Å²) < 4.78 is 7.71. The van der Waals surface area contributed by atoms with Gasteiger partial charge in [-0.05, 0) is 17.7 Å². The Labute approximate surface area is 178 Å². The van der Waals surface area contributed by atoms with Crippen LogP contribution in [0.25, 0.3) is 10.9 Å².